The predicted octanol–water partition coefficient (Wildman–Crippen LogP) is 3.36. The van der Waals surface area contributed by atoms with Crippen molar-refractivity contribution in [1.82, 2.24) is 5.32 Å². The first-order valence-electron chi connectivity index (χ1n) is 6.83. The number of thiophene rings is 1. The Morgan fingerprint density at radius 3 is 2.55 bits per heavy atom. The van der Waals surface area contributed by atoms with Crippen LogP contribution in [0.25, 0.3) is 0 Å². The standard InChI is InChI=1S/C16H21NO2S/c1-12(2)19-14-7-5-13(6-8-14)16(18)11-17-10-15-4-3-9-20-15/h3-9,12,16-18H,10-11H2,1-2H3. The molecule has 1 aromatic heterocycles. The van der Waals surface area contributed by atoms with E-state index in [1.807, 2.05) is 44.2 Å². The zero-order chi connectivity index (χ0) is 14.4. The summed E-state index contributed by atoms with van der Waals surface area (Å²) in [5, 5.41) is 15.4. The molecule has 2 rings (SSSR count). The van der Waals surface area contributed by atoms with Crippen LogP contribution in [0, 0.1) is 0 Å². The van der Waals surface area contributed by atoms with Crippen molar-refractivity contribution in [2.24, 2.45) is 0 Å². The molecule has 108 valence electrons. The van der Waals surface area contributed by atoms with E-state index in [0.29, 0.717) is 6.54 Å². The van der Waals surface area contributed by atoms with Crippen molar-refractivity contribution in [3.63, 3.8) is 0 Å². The molecule has 1 atom stereocenters. The van der Waals surface area contributed by atoms with Gasteiger partial charge in [0.05, 0.1) is 12.2 Å². The van der Waals surface area contributed by atoms with Gasteiger partial charge in [-0.2, -0.15) is 0 Å². The Kier molecular flexibility index (Phi) is 5.59. The highest BCUT2D eigenvalue weighted by Crippen LogP contribution is 2.18. The van der Waals surface area contributed by atoms with Crippen molar-refractivity contribution in [3.8, 4) is 5.75 Å². The Balaban J connectivity index is 1.81. The third-order valence-electron chi connectivity index (χ3n) is 2.85. The number of ether oxygens (including phenoxy) is 1. The van der Waals surface area contributed by atoms with Crippen LogP contribution in [0.3, 0.4) is 0 Å². The van der Waals surface area contributed by atoms with Gasteiger partial charge in [-0.15, -0.1) is 11.3 Å². The molecule has 1 heterocycles. The Morgan fingerprint density at radius 2 is 1.95 bits per heavy atom. The fourth-order valence-corrected chi connectivity index (χ4v) is 2.58. The minimum absolute atomic E-state index is 0.165. The minimum atomic E-state index is -0.497. The van der Waals surface area contributed by atoms with Crippen molar-refractivity contribution in [2.45, 2.75) is 32.6 Å². The summed E-state index contributed by atoms with van der Waals surface area (Å²) in [4.78, 5) is 1.28. The van der Waals surface area contributed by atoms with E-state index in [4.69, 9.17) is 4.74 Å². The molecule has 0 spiro atoms. The van der Waals surface area contributed by atoms with E-state index < -0.39 is 6.10 Å². The van der Waals surface area contributed by atoms with E-state index in [1.165, 1.54) is 4.88 Å². The van der Waals surface area contributed by atoms with Crippen LogP contribution in [0.2, 0.25) is 0 Å². The Hall–Kier alpha value is -1.36. The maximum absolute atomic E-state index is 10.1. The zero-order valence-electron chi connectivity index (χ0n) is 11.9. The third-order valence-corrected chi connectivity index (χ3v) is 3.73. The number of benzene rings is 1. The van der Waals surface area contributed by atoms with E-state index in [-0.39, 0.29) is 6.10 Å². The largest absolute Gasteiger partial charge is 0.491 e. The number of aliphatic hydroxyl groups excluding tert-OH is 1. The van der Waals surface area contributed by atoms with E-state index in [1.54, 1.807) is 11.3 Å². The van der Waals surface area contributed by atoms with E-state index >= 15 is 0 Å². The molecule has 3 nitrogen and oxygen atoms in total. The molecule has 0 aliphatic carbocycles. The molecule has 0 aliphatic heterocycles. The lowest BCUT2D eigenvalue weighted by Crippen LogP contribution is -2.20. The smallest absolute Gasteiger partial charge is 0.119 e. The summed E-state index contributed by atoms with van der Waals surface area (Å²) < 4.78 is 5.58. The average Bonchev–Trinajstić information content (AvgIpc) is 2.92. The summed E-state index contributed by atoms with van der Waals surface area (Å²) >= 11 is 1.72. The van der Waals surface area contributed by atoms with Crippen LogP contribution in [0.5, 0.6) is 5.75 Å². The van der Waals surface area contributed by atoms with Crippen LogP contribution in [-0.2, 0) is 6.54 Å². The molecule has 0 fully saturated rings. The number of aliphatic hydroxyl groups is 1. The quantitative estimate of drug-likeness (QED) is 0.822. The second kappa shape index (κ2) is 7.43. The van der Waals surface area contributed by atoms with Crippen molar-refractivity contribution >= 4 is 11.3 Å². The topological polar surface area (TPSA) is 41.5 Å². The van der Waals surface area contributed by atoms with E-state index in [2.05, 4.69) is 16.8 Å². The van der Waals surface area contributed by atoms with Gasteiger partial charge in [0.2, 0.25) is 0 Å². The minimum Gasteiger partial charge on any atom is -0.491 e. The highest BCUT2D eigenvalue weighted by Gasteiger charge is 2.07. The molecular formula is C16H21NO2S. The molecule has 0 bridgehead atoms. The van der Waals surface area contributed by atoms with Crippen molar-refractivity contribution < 1.29 is 9.84 Å². The molecule has 2 aromatic rings. The summed E-state index contributed by atoms with van der Waals surface area (Å²) in [6.07, 6.45) is -0.332. The Morgan fingerprint density at radius 1 is 1.20 bits per heavy atom. The Bertz CT molecular complexity index is 494. The second-order valence-electron chi connectivity index (χ2n) is 4.96. The number of nitrogens with one attached hydrogen (secondary N) is 1. The van der Waals surface area contributed by atoms with Gasteiger partial charge in [-0.25, -0.2) is 0 Å². The lowest BCUT2D eigenvalue weighted by Gasteiger charge is -2.14. The maximum Gasteiger partial charge on any atom is 0.119 e. The molecule has 4 heteroatoms. The molecular weight excluding hydrogens is 270 g/mol. The summed E-state index contributed by atoms with van der Waals surface area (Å²) in [6.45, 7) is 5.33. The zero-order valence-corrected chi connectivity index (χ0v) is 12.7. The van der Waals surface area contributed by atoms with Crippen molar-refractivity contribution in [3.05, 3.63) is 52.2 Å². The molecule has 0 amide bonds. The summed E-state index contributed by atoms with van der Waals surface area (Å²) in [5.74, 6) is 0.836. The molecule has 20 heavy (non-hydrogen) atoms. The molecule has 1 unspecified atom stereocenters. The van der Waals surface area contributed by atoms with Crippen LogP contribution >= 0.6 is 11.3 Å². The van der Waals surface area contributed by atoms with Gasteiger partial charge in [-0.3, -0.25) is 0 Å². The predicted molar refractivity (Wildman–Crippen MR) is 83.2 cm³/mol. The average molecular weight is 291 g/mol. The van der Waals surface area contributed by atoms with Crippen LogP contribution in [0.15, 0.2) is 41.8 Å². The van der Waals surface area contributed by atoms with Gasteiger partial charge in [0, 0.05) is 18.0 Å². The van der Waals surface area contributed by atoms with Gasteiger partial charge in [0.1, 0.15) is 5.75 Å². The summed E-state index contributed by atoms with van der Waals surface area (Å²) in [7, 11) is 0. The van der Waals surface area contributed by atoms with Gasteiger partial charge in [-0.1, -0.05) is 18.2 Å². The fourth-order valence-electron chi connectivity index (χ4n) is 1.90. The SMILES string of the molecule is CC(C)Oc1ccc(C(O)CNCc2cccs2)cc1. The summed E-state index contributed by atoms with van der Waals surface area (Å²) in [5.41, 5.74) is 0.903. The van der Waals surface area contributed by atoms with Gasteiger partial charge < -0.3 is 15.2 Å². The van der Waals surface area contributed by atoms with Crippen LogP contribution in [0.1, 0.15) is 30.4 Å². The van der Waals surface area contributed by atoms with Crippen LogP contribution in [-0.4, -0.2) is 17.8 Å². The first-order valence-corrected chi connectivity index (χ1v) is 7.71. The molecule has 2 N–H and O–H groups in total. The molecule has 1 aromatic carbocycles. The number of rotatable bonds is 7. The number of hydrogen-bond donors (Lipinski definition) is 2. The monoisotopic (exact) mass is 291 g/mol. The molecule has 0 radical (unpaired) electrons. The molecule has 0 saturated heterocycles. The molecule has 0 saturated carbocycles. The van der Waals surface area contributed by atoms with Crippen LogP contribution in [0.4, 0.5) is 0 Å². The highest BCUT2D eigenvalue weighted by molar-refractivity contribution is 7.09. The van der Waals surface area contributed by atoms with Gasteiger partial charge >= 0.3 is 0 Å². The normalized spacial score (nSPS) is 12.6. The molecule has 0 aliphatic rings. The Labute approximate surface area is 124 Å². The van der Waals surface area contributed by atoms with Crippen molar-refractivity contribution in [1.29, 1.82) is 0 Å². The van der Waals surface area contributed by atoms with Crippen molar-refractivity contribution in [2.75, 3.05) is 6.54 Å². The fraction of sp³-hybridized carbons (Fsp3) is 0.375. The third kappa shape index (κ3) is 4.63. The van der Waals surface area contributed by atoms with E-state index in [0.717, 1.165) is 17.9 Å². The second-order valence-corrected chi connectivity index (χ2v) is 5.99. The van der Waals surface area contributed by atoms with E-state index in [9.17, 15) is 5.11 Å². The maximum atomic E-state index is 10.1. The first-order chi connectivity index (χ1) is 9.65. The first kappa shape index (κ1) is 15.0. The number of hydrogen-bond acceptors (Lipinski definition) is 4. The van der Waals surface area contributed by atoms with Crippen LogP contribution < -0.4 is 10.1 Å². The summed E-state index contributed by atoms with van der Waals surface area (Å²) in [6, 6.07) is 11.7. The van der Waals surface area contributed by atoms with Gasteiger partial charge in [-0.05, 0) is 43.0 Å². The lowest BCUT2D eigenvalue weighted by molar-refractivity contribution is 0.174. The van der Waals surface area contributed by atoms with Gasteiger partial charge in [0.25, 0.3) is 0 Å². The van der Waals surface area contributed by atoms with Gasteiger partial charge in [0.15, 0.2) is 0 Å². The highest BCUT2D eigenvalue weighted by atomic mass is 32.1. The lowest BCUT2D eigenvalue weighted by atomic mass is 10.1.